The third kappa shape index (κ3) is 2.80. The fourth-order valence-electron chi connectivity index (χ4n) is 3.18. The number of carboxylic acid groups (broad SMARTS) is 1. The molecule has 0 aromatic carbocycles. The highest BCUT2D eigenvalue weighted by atomic mass is 16.4. The number of rotatable bonds is 4. The van der Waals surface area contributed by atoms with E-state index in [9.17, 15) is 14.4 Å². The van der Waals surface area contributed by atoms with Crippen molar-refractivity contribution in [2.24, 2.45) is 11.7 Å². The van der Waals surface area contributed by atoms with Gasteiger partial charge in [0.25, 0.3) is 11.8 Å². The van der Waals surface area contributed by atoms with Gasteiger partial charge in [-0.3, -0.25) is 18.8 Å². The number of furan rings is 1. The van der Waals surface area contributed by atoms with Crippen LogP contribution in [0.15, 0.2) is 35.2 Å². The molecule has 1 unspecified atom stereocenters. The van der Waals surface area contributed by atoms with Gasteiger partial charge in [-0.25, -0.2) is 9.97 Å². The minimum atomic E-state index is -0.934. The lowest BCUT2D eigenvalue weighted by atomic mass is 10.1. The molecule has 27 heavy (non-hydrogen) atoms. The van der Waals surface area contributed by atoms with Gasteiger partial charge in [-0.1, -0.05) is 0 Å². The number of carboxylic acids is 1. The van der Waals surface area contributed by atoms with Crippen molar-refractivity contribution in [3.8, 4) is 11.5 Å². The molecule has 138 valence electrons. The molecular weight excluding hydrogens is 354 g/mol. The van der Waals surface area contributed by atoms with Gasteiger partial charge < -0.3 is 20.2 Å². The van der Waals surface area contributed by atoms with E-state index in [0.717, 1.165) is 0 Å². The van der Waals surface area contributed by atoms with Crippen LogP contribution in [0.5, 0.6) is 0 Å². The summed E-state index contributed by atoms with van der Waals surface area (Å²) in [5, 5.41) is 9.13. The Hall–Kier alpha value is -3.69. The Morgan fingerprint density at radius 3 is 2.78 bits per heavy atom. The highest BCUT2D eigenvalue weighted by Crippen LogP contribution is 2.25. The minimum absolute atomic E-state index is 0.0583. The molecule has 4 heterocycles. The van der Waals surface area contributed by atoms with Crippen molar-refractivity contribution in [1.82, 2.24) is 19.3 Å². The summed E-state index contributed by atoms with van der Waals surface area (Å²) in [6, 6.07) is 4.91. The first-order valence-electron chi connectivity index (χ1n) is 8.19. The second-order valence-corrected chi connectivity index (χ2v) is 6.23. The van der Waals surface area contributed by atoms with Gasteiger partial charge in [0.05, 0.1) is 17.9 Å². The molecule has 1 fully saturated rings. The Kier molecular flexibility index (Phi) is 3.87. The van der Waals surface area contributed by atoms with E-state index in [1.165, 1.54) is 28.0 Å². The van der Waals surface area contributed by atoms with Gasteiger partial charge in [-0.2, -0.15) is 0 Å². The SMILES string of the molecule is NC(=O)c1ncn2c(-c3ccco3)cc(C(=O)N3CCC(C(=O)O)C3)nc12. The van der Waals surface area contributed by atoms with Crippen LogP contribution < -0.4 is 5.73 Å². The van der Waals surface area contributed by atoms with E-state index < -0.39 is 23.7 Å². The Balaban J connectivity index is 1.81. The maximum Gasteiger partial charge on any atom is 0.308 e. The summed E-state index contributed by atoms with van der Waals surface area (Å²) in [5.41, 5.74) is 5.95. The van der Waals surface area contributed by atoms with Crippen LogP contribution in [0.3, 0.4) is 0 Å². The maximum atomic E-state index is 12.9. The summed E-state index contributed by atoms with van der Waals surface area (Å²) in [6.07, 6.45) is 3.24. The molecule has 3 aromatic heterocycles. The van der Waals surface area contributed by atoms with Crippen molar-refractivity contribution in [3.63, 3.8) is 0 Å². The molecule has 0 bridgehead atoms. The average Bonchev–Trinajstić information content (AvgIpc) is 3.39. The van der Waals surface area contributed by atoms with Crippen molar-refractivity contribution in [3.05, 3.63) is 42.2 Å². The Morgan fingerprint density at radius 1 is 1.33 bits per heavy atom. The van der Waals surface area contributed by atoms with Crippen LogP contribution in [0.25, 0.3) is 17.1 Å². The van der Waals surface area contributed by atoms with Gasteiger partial charge >= 0.3 is 5.97 Å². The van der Waals surface area contributed by atoms with Crippen LogP contribution in [-0.4, -0.2) is 55.2 Å². The van der Waals surface area contributed by atoms with Crippen molar-refractivity contribution < 1.29 is 23.9 Å². The number of primary amides is 1. The number of fused-ring (bicyclic) bond motifs is 1. The standard InChI is InChI=1S/C17H15N5O5/c18-14(23)13-15-20-10(16(24)21-4-3-9(7-21)17(25)26)6-11(22(15)8-19-13)12-2-1-5-27-12/h1-2,5-6,8-9H,3-4,7H2,(H2,18,23)(H,25,26). The average molecular weight is 369 g/mol. The van der Waals surface area contributed by atoms with Gasteiger partial charge in [0.15, 0.2) is 17.1 Å². The topological polar surface area (TPSA) is 144 Å². The van der Waals surface area contributed by atoms with E-state index >= 15 is 0 Å². The Labute approximate surface area is 152 Å². The first-order valence-corrected chi connectivity index (χ1v) is 8.19. The van der Waals surface area contributed by atoms with Crippen molar-refractivity contribution in [1.29, 1.82) is 0 Å². The fourth-order valence-corrected chi connectivity index (χ4v) is 3.18. The number of carbonyl (C=O) groups is 3. The predicted molar refractivity (Wildman–Crippen MR) is 90.9 cm³/mol. The smallest absolute Gasteiger partial charge is 0.308 e. The molecule has 10 heteroatoms. The molecule has 0 radical (unpaired) electrons. The summed E-state index contributed by atoms with van der Waals surface area (Å²) in [4.78, 5) is 45.4. The quantitative estimate of drug-likeness (QED) is 0.686. The molecule has 0 spiro atoms. The minimum Gasteiger partial charge on any atom is -0.481 e. The molecule has 1 saturated heterocycles. The molecule has 2 amide bonds. The number of hydrogen-bond acceptors (Lipinski definition) is 6. The van der Waals surface area contributed by atoms with E-state index in [1.54, 1.807) is 12.1 Å². The molecule has 1 aliphatic rings. The van der Waals surface area contributed by atoms with Crippen LogP contribution in [0, 0.1) is 5.92 Å². The monoisotopic (exact) mass is 369 g/mol. The van der Waals surface area contributed by atoms with Crippen LogP contribution in [0.4, 0.5) is 0 Å². The number of likely N-dealkylation sites (tertiary alicyclic amines) is 1. The molecule has 0 saturated carbocycles. The number of nitrogens with zero attached hydrogens (tertiary/aromatic N) is 4. The molecule has 3 N–H and O–H groups in total. The zero-order chi connectivity index (χ0) is 19.1. The van der Waals surface area contributed by atoms with Gasteiger partial charge in [0.1, 0.15) is 12.0 Å². The number of carbonyl (C=O) groups excluding carboxylic acids is 2. The van der Waals surface area contributed by atoms with Crippen LogP contribution in [0.2, 0.25) is 0 Å². The van der Waals surface area contributed by atoms with Crippen molar-refractivity contribution in [2.45, 2.75) is 6.42 Å². The lowest BCUT2D eigenvalue weighted by Gasteiger charge is -2.16. The normalized spacial score (nSPS) is 16.7. The van der Waals surface area contributed by atoms with E-state index in [0.29, 0.717) is 24.4 Å². The van der Waals surface area contributed by atoms with E-state index in [2.05, 4.69) is 9.97 Å². The zero-order valence-electron chi connectivity index (χ0n) is 14.0. The summed E-state index contributed by atoms with van der Waals surface area (Å²) >= 11 is 0. The van der Waals surface area contributed by atoms with Gasteiger partial charge in [-0.05, 0) is 24.6 Å². The number of hydrogen-bond donors (Lipinski definition) is 2. The first-order chi connectivity index (χ1) is 13.0. The Morgan fingerprint density at radius 2 is 2.15 bits per heavy atom. The number of amides is 2. The summed E-state index contributed by atoms with van der Waals surface area (Å²) < 4.78 is 6.92. The third-order valence-electron chi connectivity index (χ3n) is 4.55. The number of nitrogens with two attached hydrogens (primary N) is 1. The zero-order valence-corrected chi connectivity index (χ0v) is 14.0. The molecule has 1 aliphatic heterocycles. The first kappa shape index (κ1) is 16.8. The lowest BCUT2D eigenvalue weighted by molar-refractivity contribution is -0.141. The van der Waals surface area contributed by atoms with Gasteiger partial charge in [-0.15, -0.1) is 0 Å². The molecule has 10 nitrogen and oxygen atoms in total. The van der Waals surface area contributed by atoms with Gasteiger partial charge in [0.2, 0.25) is 0 Å². The van der Waals surface area contributed by atoms with E-state index in [-0.39, 0.29) is 23.6 Å². The van der Waals surface area contributed by atoms with Crippen molar-refractivity contribution >= 4 is 23.4 Å². The second kappa shape index (κ2) is 6.24. The highest BCUT2D eigenvalue weighted by molar-refractivity contribution is 5.99. The number of imidazole rings is 1. The molecule has 3 aromatic rings. The number of aromatic nitrogens is 3. The second-order valence-electron chi connectivity index (χ2n) is 6.23. The summed E-state index contributed by atoms with van der Waals surface area (Å²) in [7, 11) is 0. The van der Waals surface area contributed by atoms with E-state index in [1.807, 2.05) is 0 Å². The lowest BCUT2D eigenvalue weighted by Crippen LogP contribution is -2.30. The molecule has 1 atom stereocenters. The van der Waals surface area contributed by atoms with Crippen molar-refractivity contribution in [2.75, 3.05) is 13.1 Å². The Bertz CT molecular complexity index is 1060. The van der Waals surface area contributed by atoms with E-state index in [4.69, 9.17) is 15.3 Å². The third-order valence-corrected chi connectivity index (χ3v) is 4.55. The summed E-state index contributed by atoms with van der Waals surface area (Å²) in [5.74, 6) is -2.28. The fraction of sp³-hybridized carbons (Fsp3) is 0.235. The largest absolute Gasteiger partial charge is 0.481 e. The van der Waals surface area contributed by atoms with Gasteiger partial charge in [0, 0.05) is 13.1 Å². The van der Waals surface area contributed by atoms with Crippen LogP contribution in [0.1, 0.15) is 27.4 Å². The molecular formula is C17H15N5O5. The highest BCUT2D eigenvalue weighted by Gasteiger charge is 2.32. The molecule has 4 rings (SSSR count). The maximum absolute atomic E-state index is 12.9. The molecule has 0 aliphatic carbocycles. The van der Waals surface area contributed by atoms with Crippen LogP contribution >= 0.6 is 0 Å². The van der Waals surface area contributed by atoms with Crippen LogP contribution in [-0.2, 0) is 4.79 Å². The summed E-state index contributed by atoms with van der Waals surface area (Å²) in [6.45, 7) is 0.430. The predicted octanol–water partition coefficient (Wildman–Crippen LogP) is 0.635. The number of aliphatic carboxylic acids is 1.